The maximum Gasteiger partial charge on any atom is 0.271 e. The Labute approximate surface area is 129 Å². The van der Waals surface area contributed by atoms with E-state index in [9.17, 15) is 4.79 Å². The molecule has 0 unspecified atom stereocenters. The van der Waals surface area contributed by atoms with Crippen molar-refractivity contribution in [3.63, 3.8) is 0 Å². The lowest BCUT2D eigenvalue weighted by Gasteiger charge is -1.98. The monoisotopic (exact) mass is 320 g/mol. The molecule has 0 aliphatic heterocycles. The van der Waals surface area contributed by atoms with Crippen LogP contribution in [-0.4, -0.2) is 27.6 Å². The van der Waals surface area contributed by atoms with Crippen molar-refractivity contribution in [2.45, 2.75) is 13.3 Å². The molecule has 3 aromatic rings. The third-order valence-corrected chi connectivity index (χ3v) is 4.61. The van der Waals surface area contributed by atoms with Crippen LogP contribution in [-0.2, 0) is 6.42 Å². The molecule has 108 valence electrons. The molecule has 21 heavy (non-hydrogen) atoms. The topological polar surface area (TPSA) is 77.0 Å². The number of carbonyl (C=O) groups excluding carboxylic acids is 1. The molecular weight excluding hydrogens is 308 g/mol. The summed E-state index contributed by atoms with van der Waals surface area (Å²) in [6.07, 6.45) is 0.677. The van der Waals surface area contributed by atoms with Crippen molar-refractivity contribution in [3.8, 4) is 5.75 Å². The number of nitrogens with zero attached hydrogens (tertiary/aromatic N) is 3. The average molecular weight is 320 g/mol. The van der Waals surface area contributed by atoms with Crippen LogP contribution in [0.5, 0.6) is 5.75 Å². The summed E-state index contributed by atoms with van der Waals surface area (Å²) >= 11 is 2.50. The predicted octanol–water partition coefficient (Wildman–Crippen LogP) is 2.97. The number of hydrogen-bond donors (Lipinski definition) is 1. The molecule has 1 aromatic carbocycles. The minimum Gasteiger partial charge on any atom is -0.497 e. The molecule has 3 rings (SSSR count). The fraction of sp³-hybridized carbons (Fsp3) is 0.231. The molecule has 0 saturated carbocycles. The third kappa shape index (κ3) is 2.72. The smallest absolute Gasteiger partial charge is 0.271 e. The number of amides is 1. The molecule has 8 heteroatoms. The van der Waals surface area contributed by atoms with Crippen molar-refractivity contribution in [1.82, 2.24) is 14.6 Å². The second-order valence-electron chi connectivity index (χ2n) is 4.21. The summed E-state index contributed by atoms with van der Waals surface area (Å²) < 4.78 is 9.96. The number of rotatable bonds is 4. The summed E-state index contributed by atoms with van der Waals surface area (Å²) in [7, 11) is 1.62. The quantitative estimate of drug-likeness (QED) is 0.799. The first-order chi connectivity index (χ1) is 10.2. The van der Waals surface area contributed by atoms with E-state index in [2.05, 4.69) is 19.9 Å². The fourth-order valence-electron chi connectivity index (χ4n) is 1.85. The van der Waals surface area contributed by atoms with Crippen LogP contribution >= 0.6 is 22.9 Å². The fourth-order valence-corrected chi connectivity index (χ4v) is 3.39. The average Bonchev–Trinajstić information content (AvgIpc) is 3.11. The van der Waals surface area contributed by atoms with Gasteiger partial charge in [0, 0.05) is 0 Å². The van der Waals surface area contributed by atoms with Gasteiger partial charge in [-0.25, -0.2) is 4.98 Å². The number of aromatic nitrogens is 3. The highest BCUT2D eigenvalue weighted by Crippen LogP contribution is 2.29. The number of benzene rings is 1. The first-order valence-electron chi connectivity index (χ1n) is 6.28. The van der Waals surface area contributed by atoms with Crippen molar-refractivity contribution < 1.29 is 9.53 Å². The number of hydrogen-bond acceptors (Lipinski definition) is 7. The number of ether oxygens (including phenoxy) is 1. The van der Waals surface area contributed by atoms with Crippen molar-refractivity contribution in [1.29, 1.82) is 0 Å². The minimum atomic E-state index is -0.215. The number of anilines is 1. The first kappa shape index (κ1) is 13.9. The first-order valence-corrected chi connectivity index (χ1v) is 7.87. The number of fused-ring (bicyclic) bond motifs is 1. The second kappa shape index (κ2) is 5.74. The lowest BCUT2D eigenvalue weighted by atomic mass is 10.3. The highest BCUT2D eigenvalue weighted by molar-refractivity contribution is 7.22. The number of methoxy groups -OCH3 is 1. The van der Waals surface area contributed by atoms with Crippen LogP contribution in [0, 0.1) is 0 Å². The molecule has 2 aromatic heterocycles. The lowest BCUT2D eigenvalue weighted by Crippen LogP contribution is -2.12. The van der Waals surface area contributed by atoms with E-state index in [1.165, 1.54) is 11.3 Å². The van der Waals surface area contributed by atoms with E-state index < -0.39 is 0 Å². The zero-order chi connectivity index (χ0) is 14.8. The molecule has 0 bridgehead atoms. The highest BCUT2D eigenvalue weighted by Gasteiger charge is 2.16. The van der Waals surface area contributed by atoms with E-state index in [-0.39, 0.29) is 5.91 Å². The maximum absolute atomic E-state index is 12.2. The van der Waals surface area contributed by atoms with Crippen LogP contribution in [0.1, 0.15) is 22.3 Å². The molecule has 0 atom stereocenters. The summed E-state index contributed by atoms with van der Waals surface area (Å²) in [5, 5.41) is 7.30. The number of aryl methyl sites for hydroxylation is 1. The summed E-state index contributed by atoms with van der Waals surface area (Å²) in [4.78, 5) is 17.1. The van der Waals surface area contributed by atoms with Crippen molar-refractivity contribution >= 4 is 44.1 Å². The molecule has 1 amide bonds. The molecule has 0 fully saturated rings. The van der Waals surface area contributed by atoms with Gasteiger partial charge in [0.25, 0.3) is 5.91 Å². The Morgan fingerprint density at radius 1 is 1.43 bits per heavy atom. The van der Waals surface area contributed by atoms with Crippen LogP contribution in [0.4, 0.5) is 5.13 Å². The molecular formula is C13H12N4O2S2. The van der Waals surface area contributed by atoms with Crippen LogP contribution in [0.2, 0.25) is 0 Å². The van der Waals surface area contributed by atoms with Crippen molar-refractivity contribution in [2.75, 3.05) is 12.4 Å². The Morgan fingerprint density at radius 3 is 3.05 bits per heavy atom. The van der Waals surface area contributed by atoms with Gasteiger partial charge in [-0.2, -0.15) is 0 Å². The van der Waals surface area contributed by atoms with Crippen LogP contribution in [0.25, 0.3) is 10.2 Å². The Hall–Kier alpha value is -2.06. The standard InChI is InChI=1S/C13H12N4O2S2/c1-3-8-11(21-17-16-8)12(18)15-13-14-9-5-4-7(19-2)6-10(9)20-13/h4-6H,3H2,1-2H3,(H,14,15,18). The summed E-state index contributed by atoms with van der Waals surface area (Å²) in [5.74, 6) is 0.553. The predicted molar refractivity (Wildman–Crippen MR) is 83.4 cm³/mol. The Balaban J connectivity index is 1.86. The van der Waals surface area contributed by atoms with Gasteiger partial charge in [-0.05, 0) is 36.2 Å². The normalized spacial score (nSPS) is 10.8. The van der Waals surface area contributed by atoms with E-state index in [4.69, 9.17) is 4.74 Å². The van der Waals surface area contributed by atoms with Crippen LogP contribution in [0.3, 0.4) is 0 Å². The zero-order valence-corrected chi connectivity index (χ0v) is 13.0. The summed E-state index contributed by atoms with van der Waals surface area (Å²) in [6.45, 7) is 1.94. The molecule has 6 nitrogen and oxygen atoms in total. The van der Waals surface area contributed by atoms with E-state index in [0.29, 0.717) is 22.1 Å². The zero-order valence-electron chi connectivity index (χ0n) is 11.4. The van der Waals surface area contributed by atoms with E-state index >= 15 is 0 Å². The molecule has 1 N–H and O–H groups in total. The van der Waals surface area contributed by atoms with Crippen LogP contribution in [0.15, 0.2) is 18.2 Å². The number of nitrogens with one attached hydrogen (secondary N) is 1. The number of thiazole rings is 1. The largest absolute Gasteiger partial charge is 0.497 e. The molecule has 2 heterocycles. The van der Waals surface area contributed by atoms with Gasteiger partial charge in [-0.3, -0.25) is 10.1 Å². The minimum absolute atomic E-state index is 0.215. The van der Waals surface area contributed by atoms with Gasteiger partial charge in [-0.1, -0.05) is 22.7 Å². The van der Waals surface area contributed by atoms with Gasteiger partial charge in [0.15, 0.2) is 5.13 Å². The van der Waals surface area contributed by atoms with Crippen LogP contribution < -0.4 is 10.1 Å². The molecule has 0 saturated heterocycles. The highest BCUT2D eigenvalue weighted by atomic mass is 32.1. The number of carbonyl (C=O) groups is 1. The maximum atomic E-state index is 12.2. The van der Waals surface area contributed by atoms with Crippen molar-refractivity contribution in [3.05, 3.63) is 28.8 Å². The third-order valence-electron chi connectivity index (χ3n) is 2.91. The lowest BCUT2D eigenvalue weighted by molar-refractivity contribution is 0.102. The van der Waals surface area contributed by atoms with E-state index in [1.54, 1.807) is 7.11 Å². The molecule has 0 aliphatic rings. The van der Waals surface area contributed by atoms with Gasteiger partial charge in [0.05, 0.1) is 23.0 Å². The van der Waals surface area contributed by atoms with E-state index in [1.807, 2.05) is 25.1 Å². The second-order valence-corrected chi connectivity index (χ2v) is 5.99. The Kier molecular flexibility index (Phi) is 3.80. The van der Waals surface area contributed by atoms with E-state index in [0.717, 1.165) is 27.5 Å². The molecule has 0 spiro atoms. The summed E-state index contributed by atoms with van der Waals surface area (Å²) in [5.41, 5.74) is 1.54. The van der Waals surface area contributed by atoms with Gasteiger partial charge in [0.2, 0.25) is 0 Å². The van der Waals surface area contributed by atoms with Gasteiger partial charge >= 0.3 is 0 Å². The molecule has 0 radical (unpaired) electrons. The van der Waals surface area contributed by atoms with Gasteiger partial charge in [0.1, 0.15) is 10.6 Å². The Bertz CT molecular complexity index is 796. The summed E-state index contributed by atoms with van der Waals surface area (Å²) in [6, 6.07) is 5.61. The molecule has 0 aliphatic carbocycles. The Morgan fingerprint density at radius 2 is 2.29 bits per heavy atom. The van der Waals surface area contributed by atoms with Gasteiger partial charge in [-0.15, -0.1) is 5.10 Å². The SMILES string of the molecule is CCc1nnsc1C(=O)Nc1nc2ccc(OC)cc2s1. The van der Waals surface area contributed by atoms with Crippen molar-refractivity contribution in [2.24, 2.45) is 0 Å². The van der Waals surface area contributed by atoms with Gasteiger partial charge < -0.3 is 4.74 Å².